The van der Waals surface area contributed by atoms with Crippen molar-refractivity contribution in [1.82, 2.24) is 10.2 Å². The minimum atomic E-state index is -4.40. The molecule has 0 radical (unpaired) electrons. The molecule has 2 aromatic carbocycles. The van der Waals surface area contributed by atoms with E-state index in [0.717, 1.165) is 18.6 Å². The number of alkyl halides is 3. The maximum atomic E-state index is 12.8. The van der Waals surface area contributed by atoms with Crippen LogP contribution in [0, 0.1) is 5.92 Å². The molecule has 7 heteroatoms. The number of hydrogen-bond donors (Lipinski definition) is 1. The van der Waals surface area contributed by atoms with E-state index in [0.29, 0.717) is 36.2 Å². The molecule has 1 saturated heterocycles. The third kappa shape index (κ3) is 4.52. The van der Waals surface area contributed by atoms with Gasteiger partial charge >= 0.3 is 6.18 Å². The number of halogens is 3. The first-order valence-corrected chi connectivity index (χ1v) is 9.04. The third-order valence-electron chi connectivity index (χ3n) is 5.01. The second-order valence-electron chi connectivity index (χ2n) is 7.00. The van der Waals surface area contributed by atoms with Crippen LogP contribution in [-0.2, 0) is 11.0 Å². The smallest absolute Gasteiger partial charge is 0.352 e. The van der Waals surface area contributed by atoms with E-state index in [2.05, 4.69) is 5.32 Å². The highest BCUT2D eigenvalue weighted by Gasteiger charge is 2.30. The molecule has 1 heterocycles. The number of likely N-dealkylation sites (tertiary alicyclic amines) is 1. The molecule has 1 atom stereocenters. The van der Waals surface area contributed by atoms with Gasteiger partial charge < -0.3 is 10.2 Å². The quantitative estimate of drug-likeness (QED) is 0.859. The highest BCUT2D eigenvalue weighted by atomic mass is 19.4. The zero-order valence-electron chi connectivity index (χ0n) is 15.4. The third-order valence-corrected chi connectivity index (χ3v) is 5.01. The molecule has 28 heavy (non-hydrogen) atoms. The number of amides is 2. The van der Waals surface area contributed by atoms with E-state index in [9.17, 15) is 22.8 Å². The first-order chi connectivity index (χ1) is 13.3. The van der Waals surface area contributed by atoms with Gasteiger partial charge in [-0.05, 0) is 41.7 Å². The zero-order valence-corrected chi connectivity index (χ0v) is 15.4. The van der Waals surface area contributed by atoms with E-state index in [-0.39, 0.29) is 17.7 Å². The summed E-state index contributed by atoms with van der Waals surface area (Å²) in [6.45, 7) is 1.06. The topological polar surface area (TPSA) is 49.4 Å². The Hall–Kier alpha value is -2.83. The number of benzene rings is 2. The van der Waals surface area contributed by atoms with Crippen molar-refractivity contribution in [2.24, 2.45) is 5.92 Å². The van der Waals surface area contributed by atoms with Gasteiger partial charge in [-0.3, -0.25) is 9.59 Å². The Morgan fingerprint density at radius 1 is 1.14 bits per heavy atom. The van der Waals surface area contributed by atoms with Gasteiger partial charge in [-0.2, -0.15) is 13.2 Å². The van der Waals surface area contributed by atoms with Crippen LogP contribution >= 0.6 is 0 Å². The van der Waals surface area contributed by atoms with Gasteiger partial charge in [0, 0.05) is 32.1 Å². The molecule has 0 aliphatic carbocycles. The molecule has 1 unspecified atom stereocenters. The SMILES string of the molecule is CN1CCC(CNC(=O)c2ccccc2-c2ccc(C(F)(F)F)cc2)CC1=O. The number of piperidine rings is 1. The fourth-order valence-corrected chi connectivity index (χ4v) is 3.28. The minimum absolute atomic E-state index is 0.0654. The van der Waals surface area contributed by atoms with Crippen molar-refractivity contribution in [3.05, 3.63) is 59.7 Å². The van der Waals surface area contributed by atoms with E-state index in [1.807, 2.05) is 0 Å². The van der Waals surface area contributed by atoms with Gasteiger partial charge in [-0.15, -0.1) is 0 Å². The summed E-state index contributed by atoms with van der Waals surface area (Å²) in [6.07, 6.45) is -3.18. The van der Waals surface area contributed by atoms with E-state index >= 15 is 0 Å². The maximum Gasteiger partial charge on any atom is 0.416 e. The Kier molecular flexibility index (Phi) is 5.72. The molecular weight excluding hydrogens is 369 g/mol. The molecule has 0 saturated carbocycles. The van der Waals surface area contributed by atoms with Crippen LogP contribution in [0.3, 0.4) is 0 Å². The molecule has 1 aliphatic heterocycles. The molecule has 0 aromatic heterocycles. The number of rotatable bonds is 4. The molecule has 0 bridgehead atoms. The molecule has 148 valence electrons. The van der Waals surface area contributed by atoms with Crippen LogP contribution in [0.15, 0.2) is 48.5 Å². The lowest BCUT2D eigenvalue weighted by molar-refractivity contribution is -0.137. The van der Waals surface area contributed by atoms with E-state index < -0.39 is 11.7 Å². The van der Waals surface area contributed by atoms with Crippen molar-refractivity contribution < 1.29 is 22.8 Å². The maximum absolute atomic E-state index is 12.8. The van der Waals surface area contributed by atoms with Crippen LogP contribution in [0.5, 0.6) is 0 Å². The number of nitrogens with one attached hydrogen (secondary N) is 1. The lowest BCUT2D eigenvalue weighted by atomic mass is 9.95. The van der Waals surface area contributed by atoms with Crippen LogP contribution in [-0.4, -0.2) is 36.9 Å². The number of carbonyl (C=O) groups is 2. The minimum Gasteiger partial charge on any atom is -0.352 e. The van der Waals surface area contributed by atoms with Crippen LogP contribution in [0.2, 0.25) is 0 Å². The van der Waals surface area contributed by atoms with Crippen molar-refractivity contribution in [1.29, 1.82) is 0 Å². The zero-order chi connectivity index (χ0) is 20.3. The first-order valence-electron chi connectivity index (χ1n) is 9.04. The van der Waals surface area contributed by atoms with E-state index in [1.165, 1.54) is 12.1 Å². The lowest BCUT2D eigenvalue weighted by Gasteiger charge is -2.28. The van der Waals surface area contributed by atoms with Crippen LogP contribution < -0.4 is 5.32 Å². The fourth-order valence-electron chi connectivity index (χ4n) is 3.28. The van der Waals surface area contributed by atoms with Crippen molar-refractivity contribution in [3.8, 4) is 11.1 Å². The van der Waals surface area contributed by atoms with Crippen molar-refractivity contribution in [2.45, 2.75) is 19.0 Å². The molecule has 0 spiro atoms. The average Bonchev–Trinajstić information content (AvgIpc) is 2.68. The van der Waals surface area contributed by atoms with Crippen molar-refractivity contribution in [2.75, 3.05) is 20.1 Å². The molecular formula is C21H21F3N2O2. The number of hydrogen-bond acceptors (Lipinski definition) is 2. The normalized spacial score (nSPS) is 17.5. The van der Waals surface area contributed by atoms with E-state index in [1.54, 1.807) is 36.2 Å². The Morgan fingerprint density at radius 2 is 1.82 bits per heavy atom. The summed E-state index contributed by atoms with van der Waals surface area (Å²) in [5, 5.41) is 2.86. The van der Waals surface area contributed by atoms with Gasteiger partial charge in [-0.25, -0.2) is 0 Å². The van der Waals surface area contributed by atoms with Crippen LogP contribution in [0.1, 0.15) is 28.8 Å². The Bertz CT molecular complexity index is 863. The summed E-state index contributed by atoms with van der Waals surface area (Å²) >= 11 is 0. The monoisotopic (exact) mass is 390 g/mol. The van der Waals surface area contributed by atoms with Gasteiger partial charge in [0.1, 0.15) is 0 Å². The van der Waals surface area contributed by atoms with Crippen molar-refractivity contribution >= 4 is 11.8 Å². The van der Waals surface area contributed by atoms with Gasteiger partial charge in [0.2, 0.25) is 5.91 Å². The lowest BCUT2D eigenvalue weighted by Crippen LogP contribution is -2.40. The summed E-state index contributed by atoms with van der Waals surface area (Å²) in [4.78, 5) is 26.1. The molecule has 4 nitrogen and oxygen atoms in total. The number of carbonyl (C=O) groups excluding carboxylic acids is 2. The van der Waals surface area contributed by atoms with Crippen LogP contribution in [0.25, 0.3) is 11.1 Å². The average molecular weight is 390 g/mol. The highest BCUT2D eigenvalue weighted by molar-refractivity contribution is 6.00. The Balaban J connectivity index is 1.73. The molecule has 1 fully saturated rings. The number of nitrogens with zero attached hydrogens (tertiary/aromatic N) is 1. The Labute approximate surface area is 161 Å². The molecule has 2 amide bonds. The molecule has 1 N–H and O–H groups in total. The summed E-state index contributed by atoms with van der Waals surface area (Å²) < 4.78 is 38.3. The largest absolute Gasteiger partial charge is 0.416 e. The summed E-state index contributed by atoms with van der Waals surface area (Å²) in [6, 6.07) is 11.5. The highest BCUT2D eigenvalue weighted by Crippen LogP contribution is 2.32. The predicted molar refractivity (Wildman–Crippen MR) is 99.6 cm³/mol. The summed E-state index contributed by atoms with van der Waals surface area (Å²) in [5.41, 5.74) is 0.757. The van der Waals surface area contributed by atoms with E-state index in [4.69, 9.17) is 0 Å². The second-order valence-corrected chi connectivity index (χ2v) is 7.00. The van der Waals surface area contributed by atoms with Gasteiger partial charge in [-0.1, -0.05) is 30.3 Å². The van der Waals surface area contributed by atoms with Gasteiger partial charge in [0.15, 0.2) is 0 Å². The fraction of sp³-hybridized carbons (Fsp3) is 0.333. The van der Waals surface area contributed by atoms with Crippen LogP contribution in [0.4, 0.5) is 13.2 Å². The molecule has 1 aliphatic rings. The molecule has 3 rings (SSSR count). The van der Waals surface area contributed by atoms with Gasteiger partial charge in [0.25, 0.3) is 5.91 Å². The first kappa shape index (κ1) is 19.9. The second kappa shape index (κ2) is 8.04. The summed E-state index contributed by atoms with van der Waals surface area (Å²) in [7, 11) is 1.76. The predicted octanol–water partition coefficient (Wildman–Crippen LogP) is 3.97. The summed E-state index contributed by atoms with van der Waals surface area (Å²) in [5.74, 6) is -0.150. The Morgan fingerprint density at radius 3 is 2.46 bits per heavy atom. The van der Waals surface area contributed by atoms with Crippen molar-refractivity contribution in [3.63, 3.8) is 0 Å². The van der Waals surface area contributed by atoms with Gasteiger partial charge in [0.05, 0.1) is 5.56 Å². The molecule has 2 aromatic rings. The standard InChI is InChI=1S/C21H21F3N2O2/c1-26-11-10-14(12-19(26)27)13-25-20(28)18-5-3-2-4-17(18)15-6-8-16(9-7-15)21(22,23)24/h2-9,14H,10-13H2,1H3,(H,25,28).